The van der Waals surface area contributed by atoms with Crippen molar-refractivity contribution in [1.82, 2.24) is 9.80 Å². The molecule has 0 aromatic heterocycles. The number of rotatable bonds is 8. The van der Waals surface area contributed by atoms with Crippen molar-refractivity contribution in [1.29, 1.82) is 0 Å². The summed E-state index contributed by atoms with van der Waals surface area (Å²) in [6.07, 6.45) is 14.2. The first-order valence-corrected chi connectivity index (χ1v) is 6.45. The van der Waals surface area contributed by atoms with Gasteiger partial charge in [-0.2, -0.15) is 0 Å². The summed E-state index contributed by atoms with van der Waals surface area (Å²) in [4.78, 5) is 4.62. The van der Waals surface area contributed by atoms with Crippen LogP contribution >= 0.6 is 17.0 Å². The first kappa shape index (κ1) is 15.8. The number of halogens is 1. The normalized spacial score (nSPS) is 14.4. The van der Waals surface area contributed by atoms with Crippen molar-refractivity contribution in [3.05, 3.63) is 12.4 Å². The quantitative estimate of drug-likeness (QED) is 0.624. The largest absolute Gasteiger partial charge is 0.362 e. The van der Waals surface area contributed by atoms with E-state index in [1.54, 1.807) is 0 Å². The molecule has 0 radical (unpaired) electrons. The van der Waals surface area contributed by atoms with Crippen molar-refractivity contribution >= 4 is 17.0 Å². The van der Waals surface area contributed by atoms with Crippen LogP contribution in [0.4, 0.5) is 0 Å². The SMILES string of the molecule is Br.CCCCCCCCCN1C=CN(C)C1. The summed E-state index contributed by atoms with van der Waals surface area (Å²) in [6.45, 7) is 4.58. The lowest BCUT2D eigenvalue weighted by Crippen LogP contribution is -2.23. The Balaban J connectivity index is 0.00000225. The van der Waals surface area contributed by atoms with Crippen LogP contribution in [-0.4, -0.2) is 30.1 Å². The van der Waals surface area contributed by atoms with E-state index in [-0.39, 0.29) is 17.0 Å². The van der Waals surface area contributed by atoms with Crippen molar-refractivity contribution in [3.63, 3.8) is 0 Å². The van der Waals surface area contributed by atoms with E-state index in [4.69, 9.17) is 0 Å². The lowest BCUT2D eigenvalue weighted by atomic mass is 10.1. The van der Waals surface area contributed by atoms with Gasteiger partial charge in [0, 0.05) is 26.0 Å². The van der Waals surface area contributed by atoms with Crippen LogP contribution in [0.25, 0.3) is 0 Å². The molecule has 1 rings (SSSR count). The molecule has 0 spiro atoms. The van der Waals surface area contributed by atoms with Crippen molar-refractivity contribution in [3.8, 4) is 0 Å². The first-order valence-electron chi connectivity index (χ1n) is 6.45. The predicted octanol–water partition coefficient (Wildman–Crippen LogP) is 3.99. The number of hydrogen-bond donors (Lipinski definition) is 0. The van der Waals surface area contributed by atoms with Crippen LogP contribution in [0, 0.1) is 0 Å². The van der Waals surface area contributed by atoms with Crippen molar-refractivity contribution in [2.45, 2.75) is 51.9 Å². The second-order valence-electron chi connectivity index (χ2n) is 4.63. The molecule has 0 unspecified atom stereocenters. The molecule has 0 aliphatic carbocycles. The molecule has 0 saturated carbocycles. The molecule has 0 fully saturated rings. The Hall–Kier alpha value is -0.180. The van der Waals surface area contributed by atoms with E-state index in [0.717, 1.165) is 6.67 Å². The highest BCUT2D eigenvalue weighted by Crippen LogP contribution is 2.09. The van der Waals surface area contributed by atoms with Crippen LogP contribution in [0.3, 0.4) is 0 Å². The van der Waals surface area contributed by atoms with E-state index in [0.29, 0.717) is 0 Å². The van der Waals surface area contributed by atoms with E-state index < -0.39 is 0 Å². The van der Waals surface area contributed by atoms with Gasteiger partial charge in [0.15, 0.2) is 0 Å². The van der Waals surface area contributed by atoms with Gasteiger partial charge >= 0.3 is 0 Å². The van der Waals surface area contributed by atoms with Crippen LogP contribution in [0.2, 0.25) is 0 Å². The number of hydrogen-bond acceptors (Lipinski definition) is 2. The fourth-order valence-electron chi connectivity index (χ4n) is 2.01. The van der Waals surface area contributed by atoms with Crippen LogP contribution < -0.4 is 0 Å². The molecule has 96 valence electrons. The zero-order valence-electron chi connectivity index (χ0n) is 10.8. The molecule has 16 heavy (non-hydrogen) atoms. The lowest BCUT2D eigenvalue weighted by Gasteiger charge is -2.17. The minimum absolute atomic E-state index is 0. The molecule has 0 aromatic carbocycles. The van der Waals surface area contributed by atoms with Gasteiger partial charge < -0.3 is 9.80 Å². The van der Waals surface area contributed by atoms with Gasteiger partial charge in [-0.3, -0.25) is 0 Å². The third-order valence-corrected chi connectivity index (χ3v) is 2.99. The summed E-state index contributed by atoms with van der Waals surface area (Å²) in [5.74, 6) is 0. The minimum Gasteiger partial charge on any atom is -0.362 e. The Morgan fingerprint density at radius 2 is 1.56 bits per heavy atom. The Morgan fingerprint density at radius 3 is 2.12 bits per heavy atom. The highest BCUT2D eigenvalue weighted by atomic mass is 79.9. The van der Waals surface area contributed by atoms with Gasteiger partial charge in [-0.1, -0.05) is 45.4 Å². The van der Waals surface area contributed by atoms with Crippen LogP contribution in [-0.2, 0) is 0 Å². The van der Waals surface area contributed by atoms with E-state index in [2.05, 4.69) is 36.2 Å². The molecular weight excluding hydrogens is 264 g/mol. The van der Waals surface area contributed by atoms with Crippen molar-refractivity contribution in [2.24, 2.45) is 0 Å². The van der Waals surface area contributed by atoms with E-state index in [9.17, 15) is 0 Å². The summed E-state index contributed by atoms with van der Waals surface area (Å²) in [5, 5.41) is 0. The van der Waals surface area contributed by atoms with Crippen molar-refractivity contribution < 1.29 is 0 Å². The second-order valence-corrected chi connectivity index (χ2v) is 4.63. The van der Waals surface area contributed by atoms with E-state index >= 15 is 0 Å². The molecule has 0 amide bonds. The molecule has 0 aromatic rings. The number of unbranched alkanes of at least 4 members (excludes halogenated alkanes) is 6. The highest BCUT2D eigenvalue weighted by molar-refractivity contribution is 8.93. The molecule has 1 aliphatic rings. The van der Waals surface area contributed by atoms with Crippen LogP contribution in [0.15, 0.2) is 12.4 Å². The van der Waals surface area contributed by atoms with Gasteiger partial charge in [-0.25, -0.2) is 0 Å². The first-order chi connectivity index (χ1) is 7.33. The fourth-order valence-corrected chi connectivity index (χ4v) is 2.01. The van der Waals surface area contributed by atoms with Gasteiger partial charge in [0.1, 0.15) is 0 Å². The van der Waals surface area contributed by atoms with Gasteiger partial charge in [-0.05, 0) is 6.42 Å². The highest BCUT2D eigenvalue weighted by Gasteiger charge is 2.06. The third-order valence-electron chi connectivity index (χ3n) is 2.99. The summed E-state index contributed by atoms with van der Waals surface area (Å²) >= 11 is 0. The summed E-state index contributed by atoms with van der Waals surface area (Å²) in [6, 6.07) is 0. The smallest absolute Gasteiger partial charge is 0.0890 e. The molecule has 1 heterocycles. The average Bonchev–Trinajstić information content (AvgIpc) is 2.63. The third kappa shape index (κ3) is 7.15. The molecule has 1 aliphatic heterocycles. The predicted molar refractivity (Wildman–Crippen MR) is 76.8 cm³/mol. The van der Waals surface area contributed by atoms with Crippen molar-refractivity contribution in [2.75, 3.05) is 20.3 Å². The Labute approximate surface area is 111 Å². The molecule has 0 atom stereocenters. The maximum atomic E-state index is 2.39. The van der Waals surface area contributed by atoms with E-state index in [1.807, 2.05) is 0 Å². The molecule has 3 heteroatoms. The summed E-state index contributed by atoms with van der Waals surface area (Å²) in [7, 11) is 2.13. The van der Waals surface area contributed by atoms with Gasteiger partial charge in [-0.15, -0.1) is 17.0 Å². The second kappa shape index (κ2) is 10.0. The zero-order valence-corrected chi connectivity index (χ0v) is 12.5. The summed E-state index contributed by atoms with van der Waals surface area (Å²) < 4.78 is 0. The molecule has 2 nitrogen and oxygen atoms in total. The number of nitrogens with zero attached hydrogens (tertiary/aromatic N) is 2. The minimum atomic E-state index is 0. The summed E-state index contributed by atoms with van der Waals surface area (Å²) in [5.41, 5.74) is 0. The Kier molecular flexibility index (Phi) is 9.89. The van der Waals surface area contributed by atoms with Crippen LogP contribution in [0.5, 0.6) is 0 Å². The van der Waals surface area contributed by atoms with Gasteiger partial charge in [0.25, 0.3) is 0 Å². The monoisotopic (exact) mass is 290 g/mol. The molecule has 0 bridgehead atoms. The Morgan fingerprint density at radius 1 is 0.938 bits per heavy atom. The fraction of sp³-hybridized carbons (Fsp3) is 0.846. The Bertz CT molecular complexity index is 183. The molecular formula is C13H27BrN2. The standard InChI is InChI=1S/C13H26N2.BrH/c1-3-4-5-6-7-8-9-10-15-12-11-14(2)13-15;/h11-12H,3-10,13H2,1-2H3;1H. The topological polar surface area (TPSA) is 6.48 Å². The lowest BCUT2D eigenvalue weighted by molar-refractivity contribution is 0.290. The molecule has 0 saturated heterocycles. The van der Waals surface area contributed by atoms with Crippen LogP contribution in [0.1, 0.15) is 51.9 Å². The maximum Gasteiger partial charge on any atom is 0.0890 e. The average molecular weight is 291 g/mol. The van der Waals surface area contributed by atoms with Gasteiger partial charge in [0.05, 0.1) is 6.67 Å². The molecule has 0 N–H and O–H groups in total. The van der Waals surface area contributed by atoms with E-state index in [1.165, 1.54) is 51.5 Å². The maximum absolute atomic E-state index is 2.39. The van der Waals surface area contributed by atoms with Gasteiger partial charge in [0.2, 0.25) is 0 Å². The zero-order chi connectivity index (χ0) is 10.9.